The third kappa shape index (κ3) is 6.33. The van der Waals surface area contributed by atoms with Gasteiger partial charge < -0.3 is 15.4 Å². The molecule has 1 fully saturated rings. The molecule has 1 aliphatic heterocycles. The van der Waals surface area contributed by atoms with E-state index in [2.05, 4.69) is 15.4 Å². The number of amides is 2. The molecule has 35 heavy (non-hydrogen) atoms. The van der Waals surface area contributed by atoms with Gasteiger partial charge in [-0.05, 0) is 73.9 Å². The molecule has 1 aliphatic rings. The first-order chi connectivity index (χ1) is 16.8. The Morgan fingerprint density at radius 2 is 1.63 bits per heavy atom. The number of carbonyl (C=O) groups is 2. The van der Waals surface area contributed by atoms with Gasteiger partial charge in [0.2, 0.25) is 10.0 Å². The van der Waals surface area contributed by atoms with Crippen molar-refractivity contribution in [3.8, 4) is 0 Å². The van der Waals surface area contributed by atoms with E-state index in [0.29, 0.717) is 29.1 Å². The van der Waals surface area contributed by atoms with Crippen molar-refractivity contribution in [1.29, 1.82) is 0 Å². The topological polar surface area (TPSA) is 114 Å². The van der Waals surface area contributed by atoms with Crippen molar-refractivity contribution in [2.45, 2.75) is 30.8 Å². The van der Waals surface area contributed by atoms with Crippen LogP contribution in [0.2, 0.25) is 0 Å². The van der Waals surface area contributed by atoms with Crippen molar-refractivity contribution in [1.82, 2.24) is 4.72 Å². The fourth-order valence-corrected chi connectivity index (χ4v) is 4.76. The van der Waals surface area contributed by atoms with Crippen LogP contribution in [0.25, 0.3) is 0 Å². The number of sulfonamides is 1. The van der Waals surface area contributed by atoms with Gasteiger partial charge in [-0.25, -0.2) is 13.1 Å². The Morgan fingerprint density at radius 1 is 0.914 bits per heavy atom. The van der Waals surface area contributed by atoms with Gasteiger partial charge in [0.25, 0.3) is 11.8 Å². The molecular formula is C26H27N3O5S. The minimum absolute atomic E-state index is 0.0970. The molecule has 4 rings (SSSR count). The molecule has 182 valence electrons. The highest BCUT2D eigenvalue weighted by Gasteiger charge is 2.20. The van der Waals surface area contributed by atoms with Gasteiger partial charge in [-0.1, -0.05) is 24.3 Å². The van der Waals surface area contributed by atoms with Gasteiger partial charge in [0.05, 0.1) is 11.0 Å². The SMILES string of the molecule is Cc1ccc(C(=O)Nc2ccc(S(=O)(=O)NCC3CCCO3)cc2)cc1NC(=O)c1ccccc1. The molecule has 2 amide bonds. The molecule has 3 aromatic carbocycles. The Kier molecular flexibility index (Phi) is 7.60. The molecule has 1 saturated heterocycles. The first kappa shape index (κ1) is 24.6. The zero-order valence-corrected chi connectivity index (χ0v) is 20.1. The number of nitrogens with one attached hydrogen (secondary N) is 3. The molecule has 3 N–H and O–H groups in total. The van der Waals surface area contributed by atoms with Crippen molar-refractivity contribution in [3.63, 3.8) is 0 Å². The second kappa shape index (κ2) is 10.8. The van der Waals surface area contributed by atoms with Crippen LogP contribution in [0.3, 0.4) is 0 Å². The molecule has 0 spiro atoms. The average Bonchev–Trinajstić information content (AvgIpc) is 3.39. The third-order valence-corrected chi connectivity index (χ3v) is 7.17. The molecule has 0 saturated carbocycles. The Balaban J connectivity index is 1.40. The molecule has 9 heteroatoms. The summed E-state index contributed by atoms with van der Waals surface area (Å²) in [6.45, 7) is 2.73. The van der Waals surface area contributed by atoms with E-state index in [1.807, 2.05) is 13.0 Å². The lowest BCUT2D eigenvalue weighted by atomic mass is 10.1. The van der Waals surface area contributed by atoms with Crippen LogP contribution in [-0.2, 0) is 14.8 Å². The van der Waals surface area contributed by atoms with Gasteiger partial charge in [0.15, 0.2) is 0 Å². The number of aryl methyl sites for hydroxylation is 1. The average molecular weight is 494 g/mol. The molecule has 8 nitrogen and oxygen atoms in total. The van der Waals surface area contributed by atoms with Crippen LogP contribution in [0.15, 0.2) is 77.7 Å². The summed E-state index contributed by atoms with van der Waals surface area (Å²) in [6.07, 6.45) is 1.67. The van der Waals surface area contributed by atoms with Crippen LogP contribution in [0.4, 0.5) is 11.4 Å². The van der Waals surface area contributed by atoms with Crippen molar-refractivity contribution in [3.05, 3.63) is 89.5 Å². The maximum atomic E-state index is 12.8. The largest absolute Gasteiger partial charge is 0.377 e. The quantitative estimate of drug-likeness (QED) is 0.440. The Bertz CT molecular complexity index is 1300. The Labute approximate surface area is 204 Å². The summed E-state index contributed by atoms with van der Waals surface area (Å²) in [5.41, 5.74) is 2.67. The predicted molar refractivity (Wildman–Crippen MR) is 134 cm³/mol. The normalized spacial score (nSPS) is 15.5. The van der Waals surface area contributed by atoms with Crippen LogP contribution in [0.5, 0.6) is 0 Å². The summed E-state index contributed by atoms with van der Waals surface area (Å²) in [6, 6.07) is 19.8. The van der Waals surface area contributed by atoms with Crippen molar-refractivity contribution in [2.24, 2.45) is 0 Å². The molecule has 1 heterocycles. The number of hydrogen-bond acceptors (Lipinski definition) is 5. The highest BCUT2D eigenvalue weighted by molar-refractivity contribution is 7.89. The van der Waals surface area contributed by atoms with E-state index in [4.69, 9.17) is 4.74 Å². The fourth-order valence-electron chi connectivity index (χ4n) is 3.69. The van der Waals surface area contributed by atoms with E-state index in [0.717, 1.165) is 18.4 Å². The maximum Gasteiger partial charge on any atom is 0.255 e. The molecule has 1 unspecified atom stereocenters. The number of benzene rings is 3. The molecule has 0 aromatic heterocycles. The highest BCUT2D eigenvalue weighted by Crippen LogP contribution is 2.20. The van der Waals surface area contributed by atoms with E-state index in [9.17, 15) is 18.0 Å². The lowest BCUT2D eigenvalue weighted by Gasteiger charge is -2.13. The summed E-state index contributed by atoms with van der Waals surface area (Å²) in [7, 11) is -3.67. The zero-order chi connectivity index (χ0) is 24.8. The molecule has 0 radical (unpaired) electrons. The van der Waals surface area contributed by atoms with Crippen molar-refractivity contribution >= 4 is 33.2 Å². The van der Waals surface area contributed by atoms with Crippen LogP contribution in [0, 0.1) is 6.92 Å². The summed E-state index contributed by atoms with van der Waals surface area (Å²) in [5, 5.41) is 5.60. The lowest BCUT2D eigenvalue weighted by Crippen LogP contribution is -2.31. The molecule has 0 bridgehead atoms. The highest BCUT2D eigenvalue weighted by atomic mass is 32.2. The Hall–Kier alpha value is -3.53. The second-order valence-electron chi connectivity index (χ2n) is 8.32. The van der Waals surface area contributed by atoms with Gasteiger partial charge in [-0.3, -0.25) is 9.59 Å². The lowest BCUT2D eigenvalue weighted by molar-refractivity contribution is 0.101. The van der Waals surface area contributed by atoms with Crippen molar-refractivity contribution < 1.29 is 22.7 Å². The summed E-state index contributed by atoms with van der Waals surface area (Å²) in [4.78, 5) is 25.4. The maximum absolute atomic E-state index is 12.8. The minimum atomic E-state index is -3.67. The molecule has 1 atom stereocenters. The van der Waals surface area contributed by atoms with Gasteiger partial charge in [0.1, 0.15) is 0 Å². The van der Waals surface area contributed by atoms with Crippen LogP contribution >= 0.6 is 0 Å². The number of hydrogen-bond donors (Lipinski definition) is 3. The summed E-state index contributed by atoms with van der Waals surface area (Å²) >= 11 is 0. The van der Waals surface area contributed by atoms with E-state index in [1.165, 1.54) is 24.3 Å². The first-order valence-corrected chi connectivity index (χ1v) is 12.8. The fraction of sp³-hybridized carbons (Fsp3) is 0.231. The standard InChI is InChI=1S/C26H27N3O5S/c1-18-9-10-20(16-24(18)29-25(30)19-6-3-2-4-7-19)26(31)28-21-11-13-23(14-12-21)35(32,33)27-17-22-8-5-15-34-22/h2-4,6-7,9-14,16,22,27H,5,8,15,17H2,1H3,(H,28,31)(H,29,30). The van der Waals surface area contributed by atoms with Crippen LogP contribution in [0.1, 0.15) is 39.1 Å². The second-order valence-corrected chi connectivity index (χ2v) is 10.1. The van der Waals surface area contributed by atoms with E-state index in [-0.39, 0.29) is 29.4 Å². The van der Waals surface area contributed by atoms with Crippen molar-refractivity contribution in [2.75, 3.05) is 23.8 Å². The number of anilines is 2. The Morgan fingerprint density at radius 3 is 2.31 bits per heavy atom. The number of ether oxygens (including phenoxy) is 1. The molecule has 0 aliphatic carbocycles. The van der Waals surface area contributed by atoms with Gasteiger partial charge >= 0.3 is 0 Å². The number of rotatable bonds is 8. The molecular weight excluding hydrogens is 466 g/mol. The predicted octanol–water partition coefficient (Wildman–Crippen LogP) is 3.96. The zero-order valence-electron chi connectivity index (χ0n) is 19.3. The smallest absolute Gasteiger partial charge is 0.255 e. The minimum Gasteiger partial charge on any atom is -0.377 e. The van der Waals surface area contributed by atoms with Gasteiger partial charge in [-0.2, -0.15) is 0 Å². The van der Waals surface area contributed by atoms with Crippen LogP contribution < -0.4 is 15.4 Å². The number of carbonyl (C=O) groups excluding carboxylic acids is 2. The summed E-state index contributed by atoms with van der Waals surface area (Å²) in [5.74, 6) is -0.650. The molecule has 3 aromatic rings. The third-order valence-electron chi connectivity index (χ3n) is 5.73. The first-order valence-electron chi connectivity index (χ1n) is 11.3. The van der Waals surface area contributed by atoms with E-state index < -0.39 is 10.0 Å². The van der Waals surface area contributed by atoms with Gasteiger partial charge in [0, 0.05) is 35.7 Å². The van der Waals surface area contributed by atoms with E-state index >= 15 is 0 Å². The van der Waals surface area contributed by atoms with E-state index in [1.54, 1.807) is 42.5 Å². The monoisotopic (exact) mass is 493 g/mol. The van der Waals surface area contributed by atoms with Gasteiger partial charge in [-0.15, -0.1) is 0 Å². The van der Waals surface area contributed by atoms with Crippen LogP contribution in [-0.4, -0.2) is 39.5 Å². The summed E-state index contributed by atoms with van der Waals surface area (Å²) < 4.78 is 33.0.